The highest BCUT2D eigenvalue weighted by Gasteiger charge is 2.21. The number of halogens is 1. The summed E-state index contributed by atoms with van der Waals surface area (Å²) in [6.07, 6.45) is 0. The molecule has 0 fully saturated rings. The zero-order chi connectivity index (χ0) is 22.1. The molecule has 0 unspecified atom stereocenters. The molecular formula is C22H20ClN5O3. The Morgan fingerprint density at radius 2 is 1.77 bits per heavy atom. The van der Waals surface area contributed by atoms with E-state index >= 15 is 0 Å². The lowest BCUT2D eigenvalue weighted by Gasteiger charge is -2.12. The van der Waals surface area contributed by atoms with Gasteiger partial charge in [-0.2, -0.15) is 5.10 Å². The fraction of sp³-hybridized carbons (Fsp3) is 0.182. The van der Waals surface area contributed by atoms with Gasteiger partial charge >= 0.3 is 0 Å². The molecule has 1 N–H and O–H groups in total. The van der Waals surface area contributed by atoms with Crippen LogP contribution in [0.4, 0.5) is 5.69 Å². The average molecular weight is 438 g/mol. The molecule has 158 valence electrons. The number of aromatic nitrogens is 4. The van der Waals surface area contributed by atoms with Gasteiger partial charge in [0.15, 0.2) is 11.3 Å². The molecule has 0 atom stereocenters. The van der Waals surface area contributed by atoms with Crippen LogP contribution in [-0.4, -0.2) is 39.9 Å². The third-order valence-corrected chi connectivity index (χ3v) is 5.20. The summed E-state index contributed by atoms with van der Waals surface area (Å²) in [5, 5.41) is 16.5. The normalized spacial score (nSPS) is 10.9. The second-order valence-corrected chi connectivity index (χ2v) is 7.29. The Morgan fingerprint density at radius 1 is 1.03 bits per heavy atom. The molecule has 2 aromatic carbocycles. The molecule has 2 aromatic heterocycles. The zero-order valence-corrected chi connectivity index (χ0v) is 18.2. The number of aryl methyl sites for hydroxylation is 2. The van der Waals surface area contributed by atoms with Crippen molar-refractivity contribution in [3.8, 4) is 22.6 Å². The topological polar surface area (TPSA) is 90.6 Å². The van der Waals surface area contributed by atoms with Crippen LogP contribution in [0.25, 0.3) is 16.8 Å². The molecule has 0 spiro atoms. The van der Waals surface area contributed by atoms with Crippen LogP contribution in [0.3, 0.4) is 0 Å². The van der Waals surface area contributed by atoms with Gasteiger partial charge in [0, 0.05) is 11.1 Å². The molecule has 1 amide bonds. The average Bonchev–Trinajstić information content (AvgIpc) is 3.11. The molecule has 31 heavy (non-hydrogen) atoms. The molecule has 0 saturated heterocycles. The second kappa shape index (κ2) is 8.23. The molecule has 0 radical (unpaired) electrons. The molecule has 0 aliphatic carbocycles. The molecule has 2 heterocycles. The molecule has 8 nitrogen and oxygen atoms in total. The van der Waals surface area contributed by atoms with E-state index in [0.717, 1.165) is 16.8 Å². The highest BCUT2D eigenvalue weighted by atomic mass is 35.5. The first-order valence-corrected chi connectivity index (χ1v) is 9.82. The van der Waals surface area contributed by atoms with Crippen LogP contribution in [0.2, 0.25) is 5.02 Å². The summed E-state index contributed by atoms with van der Waals surface area (Å²) in [6, 6.07) is 12.6. The maximum Gasteiger partial charge on any atom is 0.278 e. The summed E-state index contributed by atoms with van der Waals surface area (Å²) in [5.41, 5.74) is 4.28. The first-order valence-electron chi connectivity index (χ1n) is 9.45. The first kappa shape index (κ1) is 20.6. The molecule has 0 saturated carbocycles. The van der Waals surface area contributed by atoms with Gasteiger partial charge in [-0.1, -0.05) is 23.7 Å². The summed E-state index contributed by atoms with van der Waals surface area (Å²) in [4.78, 5) is 13.0. The second-order valence-electron chi connectivity index (χ2n) is 6.86. The number of benzene rings is 2. The van der Waals surface area contributed by atoms with Gasteiger partial charge in [-0.15, -0.1) is 10.2 Å². The van der Waals surface area contributed by atoms with Crippen molar-refractivity contribution in [2.24, 2.45) is 0 Å². The molecule has 9 heteroatoms. The lowest BCUT2D eigenvalue weighted by Crippen LogP contribution is -2.19. The summed E-state index contributed by atoms with van der Waals surface area (Å²) in [5.74, 6) is 0.658. The van der Waals surface area contributed by atoms with Gasteiger partial charge in [0.25, 0.3) is 5.91 Å². The number of anilines is 1. The van der Waals surface area contributed by atoms with Gasteiger partial charge < -0.3 is 14.8 Å². The van der Waals surface area contributed by atoms with E-state index in [4.69, 9.17) is 21.1 Å². The van der Waals surface area contributed by atoms with E-state index < -0.39 is 5.91 Å². The zero-order valence-electron chi connectivity index (χ0n) is 17.4. The van der Waals surface area contributed by atoms with Gasteiger partial charge in [-0.25, -0.2) is 4.52 Å². The molecule has 0 bridgehead atoms. The van der Waals surface area contributed by atoms with E-state index in [2.05, 4.69) is 20.6 Å². The number of rotatable bonds is 5. The van der Waals surface area contributed by atoms with E-state index in [9.17, 15) is 4.79 Å². The van der Waals surface area contributed by atoms with Crippen molar-refractivity contribution in [3.05, 3.63) is 64.6 Å². The van der Waals surface area contributed by atoms with Crippen molar-refractivity contribution < 1.29 is 14.3 Å². The molecule has 0 aliphatic rings. The van der Waals surface area contributed by atoms with Crippen LogP contribution < -0.4 is 14.8 Å². The number of methoxy groups -OCH3 is 2. The summed E-state index contributed by atoms with van der Waals surface area (Å²) < 4.78 is 12.2. The Bertz CT molecular complexity index is 1280. The monoisotopic (exact) mass is 437 g/mol. The van der Waals surface area contributed by atoms with Crippen molar-refractivity contribution in [1.82, 2.24) is 19.8 Å². The Kier molecular flexibility index (Phi) is 5.48. The standard InChI is InChI=1S/C22H20ClN5O3/c1-12-19(14-5-7-15(23)8-6-14)21-26-25-20(13(2)28(21)27-12)22(29)24-17-11-16(30-3)9-10-18(17)31-4/h5-11H,1-4H3,(H,24,29). The third kappa shape index (κ3) is 3.77. The van der Waals surface area contributed by atoms with E-state index in [1.54, 1.807) is 36.7 Å². The summed E-state index contributed by atoms with van der Waals surface area (Å²) >= 11 is 6.01. The lowest BCUT2D eigenvalue weighted by molar-refractivity contribution is 0.101. The van der Waals surface area contributed by atoms with E-state index in [0.29, 0.717) is 33.6 Å². The Labute approximate surface area is 183 Å². The van der Waals surface area contributed by atoms with Crippen molar-refractivity contribution >= 4 is 28.8 Å². The fourth-order valence-corrected chi connectivity index (χ4v) is 3.49. The fourth-order valence-electron chi connectivity index (χ4n) is 3.37. The molecular weight excluding hydrogens is 418 g/mol. The largest absolute Gasteiger partial charge is 0.497 e. The lowest BCUT2D eigenvalue weighted by atomic mass is 10.1. The number of nitrogens with zero attached hydrogens (tertiary/aromatic N) is 4. The van der Waals surface area contributed by atoms with Gasteiger partial charge in [0.2, 0.25) is 0 Å². The highest BCUT2D eigenvalue weighted by Crippen LogP contribution is 2.31. The van der Waals surface area contributed by atoms with E-state index in [1.807, 2.05) is 31.2 Å². The quantitative estimate of drug-likeness (QED) is 0.499. The number of amides is 1. The van der Waals surface area contributed by atoms with Crippen molar-refractivity contribution in [2.75, 3.05) is 19.5 Å². The Morgan fingerprint density at radius 3 is 2.45 bits per heavy atom. The number of carbonyl (C=O) groups excluding carboxylic acids is 1. The first-order chi connectivity index (χ1) is 14.9. The minimum atomic E-state index is -0.431. The Balaban J connectivity index is 1.74. The van der Waals surface area contributed by atoms with Crippen LogP contribution >= 0.6 is 11.6 Å². The van der Waals surface area contributed by atoms with Gasteiger partial charge in [-0.3, -0.25) is 4.79 Å². The predicted octanol–water partition coefficient (Wildman–Crippen LogP) is 4.33. The van der Waals surface area contributed by atoms with Crippen molar-refractivity contribution in [2.45, 2.75) is 13.8 Å². The maximum atomic E-state index is 13.0. The smallest absolute Gasteiger partial charge is 0.278 e. The number of nitrogens with one attached hydrogen (secondary N) is 1. The minimum absolute atomic E-state index is 0.155. The van der Waals surface area contributed by atoms with Gasteiger partial charge in [0.05, 0.1) is 36.9 Å². The maximum absolute atomic E-state index is 13.0. The van der Waals surface area contributed by atoms with E-state index in [-0.39, 0.29) is 5.69 Å². The summed E-state index contributed by atoms with van der Waals surface area (Å²) in [6.45, 7) is 3.66. The van der Waals surface area contributed by atoms with Crippen LogP contribution in [0, 0.1) is 13.8 Å². The highest BCUT2D eigenvalue weighted by molar-refractivity contribution is 6.30. The molecule has 4 aromatic rings. The van der Waals surface area contributed by atoms with Crippen molar-refractivity contribution in [3.63, 3.8) is 0 Å². The predicted molar refractivity (Wildman–Crippen MR) is 118 cm³/mol. The minimum Gasteiger partial charge on any atom is -0.497 e. The van der Waals surface area contributed by atoms with Crippen LogP contribution in [0.5, 0.6) is 11.5 Å². The number of hydrogen-bond donors (Lipinski definition) is 1. The third-order valence-electron chi connectivity index (χ3n) is 4.94. The summed E-state index contributed by atoms with van der Waals surface area (Å²) in [7, 11) is 3.08. The number of hydrogen-bond acceptors (Lipinski definition) is 6. The Hall–Kier alpha value is -3.65. The van der Waals surface area contributed by atoms with Gasteiger partial charge in [0.1, 0.15) is 11.5 Å². The van der Waals surface area contributed by atoms with Crippen LogP contribution in [0.15, 0.2) is 42.5 Å². The van der Waals surface area contributed by atoms with Gasteiger partial charge in [-0.05, 0) is 43.7 Å². The number of carbonyl (C=O) groups is 1. The number of ether oxygens (including phenoxy) is 2. The SMILES string of the molecule is COc1ccc(OC)c(NC(=O)c2nnc3c(-c4ccc(Cl)cc4)c(C)nn3c2C)c1. The van der Waals surface area contributed by atoms with Crippen LogP contribution in [0.1, 0.15) is 21.9 Å². The van der Waals surface area contributed by atoms with Crippen LogP contribution in [-0.2, 0) is 0 Å². The van der Waals surface area contributed by atoms with E-state index in [1.165, 1.54) is 7.11 Å². The van der Waals surface area contributed by atoms with Crippen molar-refractivity contribution in [1.29, 1.82) is 0 Å². The molecule has 0 aliphatic heterocycles. The number of fused-ring (bicyclic) bond motifs is 1. The molecule has 4 rings (SSSR count).